The lowest BCUT2D eigenvalue weighted by Crippen LogP contribution is -2.41. The van der Waals surface area contributed by atoms with E-state index in [1.807, 2.05) is 4.90 Å². The van der Waals surface area contributed by atoms with Crippen LogP contribution in [0.25, 0.3) is 0 Å². The van der Waals surface area contributed by atoms with Gasteiger partial charge in [-0.2, -0.15) is 5.10 Å². The second-order valence-electron chi connectivity index (χ2n) is 5.17. The van der Waals surface area contributed by atoms with Crippen molar-refractivity contribution >= 4 is 5.91 Å². The Labute approximate surface area is 118 Å². The molecule has 7 nitrogen and oxygen atoms in total. The number of amides is 1. The number of aryl methyl sites for hydroxylation is 1. The van der Waals surface area contributed by atoms with E-state index in [0.29, 0.717) is 19.6 Å². The molecule has 1 aliphatic heterocycles. The summed E-state index contributed by atoms with van der Waals surface area (Å²) < 4.78 is 1.65. The highest BCUT2D eigenvalue weighted by molar-refractivity contribution is 5.83. The van der Waals surface area contributed by atoms with Gasteiger partial charge < -0.3 is 15.7 Å². The minimum Gasteiger partial charge on any atom is -0.395 e. The molecule has 0 spiro atoms. The number of aliphatic hydroxyl groups excluding tert-OH is 1. The lowest BCUT2D eigenvalue weighted by Gasteiger charge is -2.24. The summed E-state index contributed by atoms with van der Waals surface area (Å²) in [6.45, 7) is 3.89. The SMILES string of the molecule is Cn1cc(C(N)C(=O)N2CCCN(CCO)CC2)cn1. The quantitative estimate of drug-likeness (QED) is 0.735. The molecule has 0 bridgehead atoms. The Bertz CT molecular complexity index is 448. The molecule has 20 heavy (non-hydrogen) atoms. The minimum atomic E-state index is -0.645. The summed E-state index contributed by atoms with van der Waals surface area (Å²) in [6, 6.07) is -0.645. The maximum atomic E-state index is 12.4. The van der Waals surface area contributed by atoms with Crippen LogP contribution in [0.1, 0.15) is 18.0 Å². The number of nitrogens with zero attached hydrogens (tertiary/aromatic N) is 4. The molecule has 7 heteroatoms. The fraction of sp³-hybridized carbons (Fsp3) is 0.692. The van der Waals surface area contributed by atoms with Crippen LogP contribution in [-0.4, -0.2) is 69.9 Å². The number of rotatable bonds is 4. The van der Waals surface area contributed by atoms with E-state index in [9.17, 15) is 4.79 Å². The molecular formula is C13H23N5O2. The van der Waals surface area contributed by atoms with Gasteiger partial charge in [0, 0.05) is 45.0 Å². The van der Waals surface area contributed by atoms with E-state index in [1.165, 1.54) is 0 Å². The Hall–Kier alpha value is -1.44. The third-order valence-corrected chi connectivity index (χ3v) is 3.67. The molecule has 0 aromatic carbocycles. The molecule has 1 aromatic rings. The van der Waals surface area contributed by atoms with Crippen LogP contribution in [0.4, 0.5) is 0 Å². The Morgan fingerprint density at radius 1 is 1.45 bits per heavy atom. The summed E-state index contributed by atoms with van der Waals surface area (Å²) in [7, 11) is 1.80. The van der Waals surface area contributed by atoms with Gasteiger partial charge in [0.15, 0.2) is 0 Å². The molecule has 1 aliphatic rings. The molecule has 112 valence electrons. The first-order valence-corrected chi connectivity index (χ1v) is 6.98. The van der Waals surface area contributed by atoms with Crippen molar-refractivity contribution in [2.45, 2.75) is 12.5 Å². The summed E-state index contributed by atoms with van der Waals surface area (Å²) in [4.78, 5) is 16.4. The highest BCUT2D eigenvalue weighted by atomic mass is 16.3. The van der Waals surface area contributed by atoms with Crippen LogP contribution in [-0.2, 0) is 11.8 Å². The van der Waals surface area contributed by atoms with Crippen molar-refractivity contribution in [3.63, 3.8) is 0 Å². The predicted octanol–water partition coefficient (Wildman–Crippen LogP) is -1.05. The molecule has 1 amide bonds. The van der Waals surface area contributed by atoms with Crippen molar-refractivity contribution in [2.75, 3.05) is 39.3 Å². The zero-order chi connectivity index (χ0) is 14.5. The van der Waals surface area contributed by atoms with Crippen molar-refractivity contribution in [1.29, 1.82) is 0 Å². The molecule has 0 radical (unpaired) electrons. The second-order valence-corrected chi connectivity index (χ2v) is 5.17. The Balaban J connectivity index is 1.95. The Kier molecular flexibility index (Phi) is 5.11. The molecule has 1 saturated heterocycles. The van der Waals surface area contributed by atoms with Crippen molar-refractivity contribution in [1.82, 2.24) is 19.6 Å². The van der Waals surface area contributed by atoms with Crippen molar-refractivity contribution in [3.05, 3.63) is 18.0 Å². The molecule has 1 unspecified atom stereocenters. The molecule has 0 aliphatic carbocycles. The van der Waals surface area contributed by atoms with Gasteiger partial charge in [0.25, 0.3) is 0 Å². The fourth-order valence-corrected chi connectivity index (χ4v) is 2.50. The lowest BCUT2D eigenvalue weighted by molar-refractivity contribution is -0.132. The number of hydrogen-bond acceptors (Lipinski definition) is 5. The number of β-amino-alcohol motifs (C(OH)–C–C–N with tert-alkyl or cyclic N) is 1. The van der Waals surface area contributed by atoms with E-state index in [1.54, 1.807) is 24.1 Å². The molecular weight excluding hydrogens is 258 g/mol. The van der Waals surface area contributed by atoms with Crippen LogP contribution < -0.4 is 5.73 Å². The number of carbonyl (C=O) groups excluding carboxylic acids is 1. The molecule has 1 atom stereocenters. The van der Waals surface area contributed by atoms with Gasteiger partial charge >= 0.3 is 0 Å². The third kappa shape index (κ3) is 3.56. The van der Waals surface area contributed by atoms with Gasteiger partial charge in [-0.3, -0.25) is 14.4 Å². The summed E-state index contributed by atoms with van der Waals surface area (Å²) in [5.74, 6) is -0.0520. The maximum Gasteiger partial charge on any atom is 0.244 e. The highest BCUT2D eigenvalue weighted by Gasteiger charge is 2.25. The van der Waals surface area contributed by atoms with Crippen LogP contribution in [0.15, 0.2) is 12.4 Å². The van der Waals surface area contributed by atoms with Crippen molar-refractivity contribution < 1.29 is 9.90 Å². The Morgan fingerprint density at radius 3 is 2.90 bits per heavy atom. The number of carbonyl (C=O) groups is 1. The van der Waals surface area contributed by atoms with Crippen LogP contribution in [0, 0.1) is 0 Å². The molecule has 3 N–H and O–H groups in total. The predicted molar refractivity (Wildman–Crippen MR) is 74.9 cm³/mol. The topological polar surface area (TPSA) is 87.6 Å². The summed E-state index contributed by atoms with van der Waals surface area (Å²) in [5, 5.41) is 13.0. The first-order valence-electron chi connectivity index (χ1n) is 6.98. The number of aromatic nitrogens is 2. The standard InChI is InChI=1S/C13H23N5O2/c1-16-10-11(9-15-16)12(14)13(20)18-4-2-3-17(5-6-18)7-8-19/h9-10,12,19H,2-8,14H2,1H3. The molecule has 0 saturated carbocycles. The fourth-order valence-electron chi connectivity index (χ4n) is 2.50. The first kappa shape index (κ1) is 15.0. The van der Waals surface area contributed by atoms with Gasteiger partial charge in [-0.1, -0.05) is 0 Å². The van der Waals surface area contributed by atoms with Gasteiger partial charge in [-0.15, -0.1) is 0 Å². The Morgan fingerprint density at radius 2 is 2.25 bits per heavy atom. The number of aliphatic hydroxyl groups is 1. The van der Waals surface area contributed by atoms with Gasteiger partial charge in [0.05, 0.1) is 12.8 Å². The van der Waals surface area contributed by atoms with E-state index in [4.69, 9.17) is 10.8 Å². The summed E-state index contributed by atoms with van der Waals surface area (Å²) >= 11 is 0. The maximum absolute atomic E-state index is 12.4. The van der Waals surface area contributed by atoms with E-state index in [-0.39, 0.29) is 12.5 Å². The molecule has 1 fully saturated rings. The smallest absolute Gasteiger partial charge is 0.244 e. The molecule has 2 rings (SSSR count). The summed E-state index contributed by atoms with van der Waals surface area (Å²) in [5.41, 5.74) is 6.77. The van der Waals surface area contributed by atoms with Crippen molar-refractivity contribution in [2.24, 2.45) is 12.8 Å². The largest absolute Gasteiger partial charge is 0.395 e. The van der Waals surface area contributed by atoms with Gasteiger partial charge in [-0.05, 0) is 13.0 Å². The summed E-state index contributed by atoms with van der Waals surface area (Å²) in [6.07, 6.45) is 4.32. The third-order valence-electron chi connectivity index (χ3n) is 3.67. The van der Waals surface area contributed by atoms with E-state index in [0.717, 1.165) is 25.1 Å². The monoisotopic (exact) mass is 281 g/mol. The zero-order valence-corrected chi connectivity index (χ0v) is 11.9. The zero-order valence-electron chi connectivity index (χ0n) is 11.9. The average Bonchev–Trinajstić information content (AvgIpc) is 2.73. The normalized spacial score (nSPS) is 18.9. The van der Waals surface area contributed by atoms with Crippen LogP contribution >= 0.6 is 0 Å². The second kappa shape index (κ2) is 6.83. The minimum absolute atomic E-state index is 0.0520. The van der Waals surface area contributed by atoms with E-state index in [2.05, 4.69) is 10.00 Å². The number of hydrogen-bond donors (Lipinski definition) is 2. The van der Waals surface area contributed by atoms with Crippen LogP contribution in [0.2, 0.25) is 0 Å². The van der Waals surface area contributed by atoms with Gasteiger partial charge in [-0.25, -0.2) is 0 Å². The number of nitrogens with two attached hydrogens (primary N) is 1. The highest BCUT2D eigenvalue weighted by Crippen LogP contribution is 2.14. The van der Waals surface area contributed by atoms with Gasteiger partial charge in [0.1, 0.15) is 6.04 Å². The van der Waals surface area contributed by atoms with E-state index < -0.39 is 6.04 Å². The van der Waals surface area contributed by atoms with Crippen molar-refractivity contribution in [3.8, 4) is 0 Å². The van der Waals surface area contributed by atoms with E-state index >= 15 is 0 Å². The lowest BCUT2D eigenvalue weighted by atomic mass is 10.1. The average molecular weight is 281 g/mol. The molecule has 1 aromatic heterocycles. The molecule has 2 heterocycles. The first-order chi connectivity index (χ1) is 9.61. The van der Waals surface area contributed by atoms with Gasteiger partial charge in [0.2, 0.25) is 5.91 Å². The van der Waals surface area contributed by atoms with Crippen LogP contribution in [0.5, 0.6) is 0 Å². The van der Waals surface area contributed by atoms with Crippen LogP contribution in [0.3, 0.4) is 0 Å².